The maximum absolute atomic E-state index is 13.7. The van der Waals surface area contributed by atoms with Crippen LogP contribution >= 0.6 is 0 Å². The van der Waals surface area contributed by atoms with Gasteiger partial charge < -0.3 is 0 Å². The summed E-state index contributed by atoms with van der Waals surface area (Å²) in [6, 6.07) is 1.72. The molecule has 1 aromatic heterocycles. The average molecular weight is 256 g/mol. The van der Waals surface area contributed by atoms with Gasteiger partial charge in [-0.3, -0.25) is 4.68 Å². The monoisotopic (exact) mass is 256 g/mol. The molecule has 2 nitrogen and oxygen atoms in total. The van der Waals surface area contributed by atoms with Crippen LogP contribution in [-0.4, -0.2) is 9.78 Å². The zero-order valence-corrected chi connectivity index (χ0v) is 11.8. The summed E-state index contributed by atoms with van der Waals surface area (Å²) in [6.07, 6.45) is 1.91. The van der Waals surface area contributed by atoms with Gasteiger partial charge in [0.1, 0.15) is 5.69 Å². The predicted molar refractivity (Wildman–Crippen MR) is 67.9 cm³/mol. The SMILES string of the molecule is CC1CC(n2nc(C(C)(C)C)cc2C(C)(F)F)C1. The van der Waals surface area contributed by atoms with Crippen LogP contribution in [0.5, 0.6) is 0 Å². The molecule has 102 valence electrons. The van der Waals surface area contributed by atoms with Gasteiger partial charge in [-0.05, 0) is 24.8 Å². The third-order valence-corrected chi connectivity index (χ3v) is 3.65. The molecule has 1 aliphatic rings. The van der Waals surface area contributed by atoms with Crippen LogP contribution in [0.4, 0.5) is 8.78 Å². The van der Waals surface area contributed by atoms with Crippen LogP contribution in [0.1, 0.15) is 64.9 Å². The topological polar surface area (TPSA) is 17.8 Å². The third-order valence-electron chi connectivity index (χ3n) is 3.65. The summed E-state index contributed by atoms with van der Waals surface area (Å²) in [7, 11) is 0. The van der Waals surface area contributed by atoms with Crippen LogP contribution in [0, 0.1) is 5.92 Å². The number of hydrogen-bond donors (Lipinski definition) is 0. The van der Waals surface area contributed by atoms with E-state index < -0.39 is 5.92 Å². The Morgan fingerprint density at radius 2 is 1.78 bits per heavy atom. The Morgan fingerprint density at radius 1 is 1.22 bits per heavy atom. The van der Waals surface area contributed by atoms with E-state index >= 15 is 0 Å². The Morgan fingerprint density at radius 3 is 2.17 bits per heavy atom. The molecule has 2 rings (SSSR count). The molecular weight excluding hydrogens is 234 g/mol. The van der Waals surface area contributed by atoms with Gasteiger partial charge in [0.2, 0.25) is 0 Å². The van der Waals surface area contributed by atoms with Crippen molar-refractivity contribution in [3.05, 3.63) is 17.5 Å². The normalized spacial score (nSPS) is 25.1. The Hall–Kier alpha value is -0.930. The first-order chi connectivity index (χ1) is 8.09. The first-order valence-corrected chi connectivity index (χ1v) is 6.57. The van der Waals surface area contributed by atoms with Gasteiger partial charge >= 0.3 is 0 Å². The zero-order valence-electron chi connectivity index (χ0n) is 11.8. The first kappa shape index (κ1) is 13.5. The lowest BCUT2D eigenvalue weighted by molar-refractivity contribution is 0.00213. The molecule has 1 fully saturated rings. The molecule has 0 N–H and O–H groups in total. The summed E-state index contributed by atoms with van der Waals surface area (Å²) in [5, 5.41) is 4.44. The average Bonchev–Trinajstić information content (AvgIpc) is 2.55. The van der Waals surface area contributed by atoms with E-state index in [-0.39, 0.29) is 17.2 Å². The van der Waals surface area contributed by atoms with Crippen molar-refractivity contribution in [3.63, 3.8) is 0 Å². The number of alkyl halides is 2. The number of aromatic nitrogens is 2. The molecule has 0 bridgehead atoms. The van der Waals surface area contributed by atoms with Gasteiger partial charge in [0.25, 0.3) is 5.92 Å². The van der Waals surface area contributed by atoms with Gasteiger partial charge in [-0.2, -0.15) is 13.9 Å². The Bertz CT molecular complexity index is 432. The molecule has 0 unspecified atom stereocenters. The van der Waals surface area contributed by atoms with Crippen molar-refractivity contribution in [2.24, 2.45) is 5.92 Å². The van der Waals surface area contributed by atoms with Crippen molar-refractivity contribution in [2.75, 3.05) is 0 Å². The van der Waals surface area contributed by atoms with E-state index in [4.69, 9.17) is 0 Å². The quantitative estimate of drug-likeness (QED) is 0.773. The van der Waals surface area contributed by atoms with Crippen LogP contribution in [0.25, 0.3) is 0 Å². The van der Waals surface area contributed by atoms with E-state index in [9.17, 15) is 8.78 Å². The number of rotatable bonds is 2. The highest BCUT2D eigenvalue weighted by Gasteiger charge is 2.37. The second kappa shape index (κ2) is 4.04. The van der Waals surface area contributed by atoms with E-state index in [0.717, 1.165) is 25.5 Å². The van der Waals surface area contributed by atoms with Crippen LogP contribution in [0.15, 0.2) is 6.07 Å². The van der Waals surface area contributed by atoms with Crippen molar-refractivity contribution in [1.82, 2.24) is 9.78 Å². The van der Waals surface area contributed by atoms with E-state index in [1.165, 1.54) is 0 Å². The van der Waals surface area contributed by atoms with Crippen molar-refractivity contribution in [2.45, 2.75) is 64.8 Å². The molecule has 18 heavy (non-hydrogen) atoms. The fraction of sp³-hybridized carbons (Fsp3) is 0.786. The van der Waals surface area contributed by atoms with Crippen LogP contribution in [0.2, 0.25) is 0 Å². The summed E-state index contributed by atoms with van der Waals surface area (Å²) < 4.78 is 28.9. The van der Waals surface area contributed by atoms with E-state index in [1.54, 1.807) is 10.7 Å². The molecule has 0 saturated heterocycles. The minimum atomic E-state index is -2.82. The Kier molecular flexibility index (Phi) is 3.03. The number of hydrogen-bond acceptors (Lipinski definition) is 1. The van der Waals surface area contributed by atoms with Gasteiger partial charge in [0.15, 0.2) is 0 Å². The predicted octanol–water partition coefficient (Wildman–Crippen LogP) is 4.26. The van der Waals surface area contributed by atoms with Crippen molar-refractivity contribution in [1.29, 1.82) is 0 Å². The standard InChI is InChI=1S/C14H22F2N2/c1-9-6-10(7-9)18-12(14(5,15)16)8-11(17-18)13(2,3)4/h8-10H,6-7H2,1-5H3. The molecule has 1 saturated carbocycles. The maximum Gasteiger partial charge on any atom is 0.286 e. The lowest BCUT2D eigenvalue weighted by Crippen LogP contribution is -2.29. The fourth-order valence-electron chi connectivity index (χ4n) is 2.43. The Labute approximate surface area is 107 Å². The summed E-state index contributed by atoms with van der Waals surface area (Å²) in [6.45, 7) is 9.10. The minimum Gasteiger partial charge on any atom is -0.260 e. The molecule has 1 aromatic rings. The summed E-state index contributed by atoms with van der Waals surface area (Å²) in [5.41, 5.74) is 0.614. The van der Waals surface area contributed by atoms with E-state index in [1.807, 2.05) is 20.8 Å². The van der Waals surface area contributed by atoms with Crippen LogP contribution < -0.4 is 0 Å². The van der Waals surface area contributed by atoms with Gasteiger partial charge in [0, 0.05) is 12.3 Å². The highest BCUT2D eigenvalue weighted by molar-refractivity contribution is 5.21. The minimum absolute atomic E-state index is 0.0596. The molecule has 4 heteroatoms. The van der Waals surface area contributed by atoms with Gasteiger partial charge in [-0.15, -0.1) is 0 Å². The van der Waals surface area contributed by atoms with Crippen molar-refractivity contribution >= 4 is 0 Å². The molecule has 0 spiro atoms. The lowest BCUT2D eigenvalue weighted by Gasteiger charge is -2.34. The van der Waals surface area contributed by atoms with Gasteiger partial charge in [-0.25, -0.2) is 0 Å². The molecule has 0 radical (unpaired) electrons. The molecule has 1 aliphatic carbocycles. The molecule has 1 heterocycles. The lowest BCUT2D eigenvalue weighted by atomic mass is 9.82. The first-order valence-electron chi connectivity index (χ1n) is 6.57. The van der Waals surface area contributed by atoms with Crippen LogP contribution in [0.3, 0.4) is 0 Å². The third kappa shape index (κ3) is 2.43. The fourth-order valence-corrected chi connectivity index (χ4v) is 2.43. The highest BCUT2D eigenvalue weighted by Crippen LogP contribution is 2.41. The molecule has 0 aliphatic heterocycles. The largest absolute Gasteiger partial charge is 0.286 e. The smallest absolute Gasteiger partial charge is 0.260 e. The number of nitrogens with zero attached hydrogens (tertiary/aromatic N) is 2. The van der Waals surface area contributed by atoms with Gasteiger partial charge in [-0.1, -0.05) is 27.7 Å². The number of halogens is 2. The second-order valence-electron chi connectivity index (χ2n) is 6.73. The zero-order chi connectivity index (χ0) is 13.7. The summed E-state index contributed by atoms with van der Waals surface area (Å²) in [4.78, 5) is 0. The molecule has 0 aromatic carbocycles. The van der Waals surface area contributed by atoms with Gasteiger partial charge in [0.05, 0.1) is 11.7 Å². The second-order valence-corrected chi connectivity index (χ2v) is 6.73. The highest BCUT2D eigenvalue weighted by atomic mass is 19.3. The van der Waals surface area contributed by atoms with Crippen LogP contribution in [-0.2, 0) is 11.3 Å². The molecule has 0 amide bonds. The maximum atomic E-state index is 13.7. The van der Waals surface area contributed by atoms with E-state index in [0.29, 0.717) is 5.92 Å². The molecule has 0 atom stereocenters. The van der Waals surface area contributed by atoms with Crippen molar-refractivity contribution < 1.29 is 8.78 Å². The Balaban J connectivity index is 2.40. The summed E-state index contributed by atoms with van der Waals surface area (Å²) >= 11 is 0. The molecular formula is C14H22F2N2. The van der Waals surface area contributed by atoms with Crippen molar-refractivity contribution in [3.8, 4) is 0 Å². The summed E-state index contributed by atoms with van der Waals surface area (Å²) in [5.74, 6) is -2.20. The van der Waals surface area contributed by atoms with E-state index in [2.05, 4.69) is 12.0 Å².